The number of aliphatic imine (C=N–C) groups is 2. The molecular formula is C38H44F6N4O6S. The lowest BCUT2D eigenvalue weighted by Gasteiger charge is -2.51. The number of halogens is 6. The Balaban J connectivity index is 1.50. The van der Waals surface area contributed by atoms with E-state index in [0.717, 1.165) is 23.1 Å². The molecule has 1 N–H and O–H groups in total. The normalized spacial score (nSPS) is 21.7. The summed E-state index contributed by atoms with van der Waals surface area (Å²) >= 11 is 0.387. The van der Waals surface area contributed by atoms with Gasteiger partial charge >= 0.3 is 18.3 Å². The molecule has 0 radical (unpaired) electrons. The monoisotopic (exact) mass is 798 g/mol. The van der Waals surface area contributed by atoms with Crippen LogP contribution < -0.4 is 9.47 Å². The summed E-state index contributed by atoms with van der Waals surface area (Å²) < 4.78 is 95.9. The largest absolute Gasteiger partial charge is 0.493 e. The van der Waals surface area contributed by atoms with Crippen LogP contribution in [0.3, 0.4) is 0 Å². The highest BCUT2D eigenvalue weighted by molar-refractivity contribution is 7.10. The van der Waals surface area contributed by atoms with E-state index in [2.05, 4.69) is 16.7 Å². The molecule has 2 saturated heterocycles. The number of benzene rings is 1. The molecule has 4 heterocycles. The number of aliphatic carboxylic acids is 1. The summed E-state index contributed by atoms with van der Waals surface area (Å²) in [4.78, 5) is 50.2. The molecule has 17 heteroatoms. The van der Waals surface area contributed by atoms with Crippen LogP contribution in [-0.4, -0.2) is 102 Å². The standard InChI is InChI=1S/C38H44F6N4O6S/c1-3-9-29-36(54-25-22-30(55-23-25)38(42,43)44,14-8-18-48(29)33(51)32-27(37(39,40)41)11-6-17-46-32)34(52)47-19-15-35(16-20-47,24-45-2)26-10-4-5-12-28(26)53-21-7-13-31(49)50/h4-5,10-12,22-23,29H,2-3,6-9,13-21,24H2,1H3,(H,49,50). The number of carbonyl (C=O) groups excluding carboxylic acids is 2. The number of carbonyl (C=O) groups is 3. The van der Waals surface area contributed by atoms with Crippen molar-refractivity contribution < 1.29 is 55.3 Å². The average molecular weight is 799 g/mol. The molecule has 2 atom stereocenters. The zero-order valence-electron chi connectivity index (χ0n) is 30.4. The minimum atomic E-state index is -4.86. The predicted octanol–water partition coefficient (Wildman–Crippen LogP) is 7.51. The minimum absolute atomic E-state index is 0.00516. The number of amides is 2. The van der Waals surface area contributed by atoms with Crippen molar-refractivity contribution in [2.45, 2.75) is 94.1 Å². The Kier molecular flexibility index (Phi) is 13.0. The van der Waals surface area contributed by atoms with E-state index in [9.17, 15) is 35.9 Å². The van der Waals surface area contributed by atoms with Gasteiger partial charge in [0.05, 0.1) is 18.2 Å². The molecule has 3 aliphatic heterocycles. The number of alkyl halides is 6. The topological polar surface area (TPSA) is 121 Å². The first kappa shape index (κ1) is 41.7. The van der Waals surface area contributed by atoms with Crippen LogP contribution in [0.2, 0.25) is 0 Å². The summed E-state index contributed by atoms with van der Waals surface area (Å²) in [6, 6.07) is 6.93. The summed E-state index contributed by atoms with van der Waals surface area (Å²) in [6.07, 6.45) is -7.10. The molecule has 300 valence electrons. The van der Waals surface area contributed by atoms with Gasteiger partial charge in [0.1, 0.15) is 22.1 Å². The Morgan fingerprint density at radius 2 is 1.80 bits per heavy atom. The summed E-state index contributed by atoms with van der Waals surface area (Å²) in [7, 11) is 0. The Labute approximate surface area is 318 Å². The van der Waals surface area contributed by atoms with Crippen LogP contribution >= 0.6 is 11.3 Å². The van der Waals surface area contributed by atoms with Crippen LogP contribution in [-0.2, 0) is 26.0 Å². The SMILES string of the molecule is C=NCC1(c2ccccc2OCCCC(=O)O)CCN(C(=O)C2(Oc3csc(C(F)(F)F)c3)CCCN(C(=O)C3=NCCC=C3C(F)(F)F)C2CCC)CC1. The highest BCUT2D eigenvalue weighted by Gasteiger charge is 2.57. The first-order valence-corrected chi connectivity index (χ1v) is 19.1. The van der Waals surface area contributed by atoms with Crippen molar-refractivity contribution in [3.8, 4) is 11.5 Å². The highest BCUT2D eigenvalue weighted by atomic mass is 32.1. The van der Waals surface area contributed by atoms with Crippen molar-refractivity contribution in [2.75, 3.05) is 39.3 Å². The Morgan fingerprint density at radius 1 is 1.07 bits per heavy atom. The number of likely N-dealkylation sites (tertiary alicyclic amines) is 2. The number of nitrogens with zero attached hydrogens (tertiary/aromatic N) is 4. The number of thiophene rings is 1. The van der Waals surface area contributed by atoms with E-state index < -0.39 is 63.4 Å². The van der Waals surface area contributed by atoms with Gasteiger partial charge in [-0.25, -0.2) is 0 Å². The zero-order chi connectivity index (χ0) is 40.0. The van der Waals surface area contributed by atoms with Crippen molar-refractivity contribution in [2.24, 2.45) is 9.98 Å². The lowest BCUT2D eigenvalue weighted by molar-refractivity contribution is -0.165. The molecule has 1 aromatic heterocycles. The van der Waals surface area contributed by atoms with Crippen molar-refractivity contribution in [3.63, 3.8) is 0 Å². The minimum Gasteiger partial charge on any atom is -0.493 e. The van der Waals surface area contributed by atoms with Gasteiger partial charge in [0.2, 0.25) is 5.60 Å². The predicted molar refractivity (Wildman–Crippen MR) is 194 cm³/mol. The quantitative estimate of drug-likeness (QED) is 0.120. The van der Waals surface area contributed by atoms with Crippen LogP contribution in [0.4, 0.5) is 26.3 Å². The fourth-order valence-corrected chi connectivity index (χ4v) is 8.52. The summed E-state index contributed by atoms with van der Waals surface area (Å²) in [5.41, 5.74) is -3.71. The van der Waals surface area contributed by atoms with Gasteiger partial charge in [-0.15, -0.1) is 11.3 Å². The van der Waals surface area contributed by atoms with Crippen molar-refractivity contribution >= 4 is 41.5 Å². The Hall–Kier alpha value is -4.41. The maximum atomic E-state index is 15.1. The molecule has 0 saturated carbocycles. The molecule has 55 heavy (non-hydrogen) atoms. The van der Waals surface area contributed by atoms with E-state index in [1.165, 1.54) is 4.90 Å². The van der Waals surface area contributed by atoms with E-state index in [0.29, 0.717) is 36.3 Å². The first-order valence-electron chi connectivity index (χ1n) is 18.2. The third-order valence-electron chi connectivity index (χ3n) is 10.4. The molecule has 10 nitrogen and oxygen atoms in total. The van der Waals surface area contributed by atoms with E-state index in [1.807, 2.05) is 12.1 Å². The van der Waals surface area contributed by atoms with E-state index in [4.69, 9.17) is 14.6 Å². The number of ether oxygens (including phenoxy) is 2. The molecule has 0 aliphatic carbocycles. The number of carboxylic acid groups (broad SMARTS) is 1. The summed E-state index contributed by atoms with van der Waals surface area (Å²) in [5, 5.41) is 10.2. The lowest BCUT2D eigenvalue weighted by atomic mass is 9.71. The van der Waals surface area contributed by atoms with Gasteiger partial charge in [-0.2, -0.15) is 26.3 Å². The first-order chi connectivity index (χ1) is 26.1. The summed E-state index contributed by atoms with van der Waals surface area (Å²) in [6.45, 7) is 6.15. The van der Waals surface area contributed by atoms with Gasteiger partial charge in [0, 0.05) is 68.0 Å². The second-order valence-corrected chi connectivity index (χ2v) is 14.9. The molecule has 0 spiro atoms. The van der Waals surface area contributed by atoms with Crippen LogP contribution in [0.25, 0.3) is 0 Å². The van der Waals surface area contributed by atoms with Crippen molar-refractivity contribution in [1.29, 1.82) is 0 Å². The number of para-hydroxylation sites is 1. The van der Waals surface area contributed by atoms with Gasteiger partial charge in [-0.1, -0.05) is 37.6 Å². The van der Waals surface area contributed by atoms with Gasteiger partial charge in [0.15, 0.2) is 0 Å². The molecule has 2 amide bonds. The van der Waals surface area contributed by atoms with Gasteiger partial charge in [-0.3, -0.25) is 19.4 Å². The third-order valence-corrected chi connectivity index (χ3v) is 11.3. The lowest BCUT2D eigenvalue weighted by Crippen LogP contribution is -2.69. The molecule has 0 bridgehead atoms. The van der Waals surface area contributed by atoms with Crippen molar-refractivity contribution in [1.82, 2.24) is 9.80 Å². The fraction of sp³-hybridized carbons (Fsp3) is 0.553. The Morgan fingerprint density at radius 3 is 2.44 bits per heavy atom. The zero-order valence-corrected chi connectivity index (χ0v) is 31.2. The average Bonchev–Trinajstić information content (AvgIpc) is 3.63. The Bertz CT molecular complexity index is 1780. The van der Waals surface area contributed by atoms with E-state index in [1.54, 1.807) is 24.0 Å². The number of dihydropyridines is 1. The highest BCUT2D eigenvalue weighted by Crippen LogP contribution is 2.45. The number of hydrogen-bond acceptors (Lipinski definition) is 8. The second kappa shape index (κ2) is 17.2. The van der Waals surface area contributed by atoms with Crippen LogP contribution in [0.1, 0.15) is 75.2 Å². The molecular weight excluding hydrogens is 754 g/mol. The van der Waals surface area contributed by atoms with Crippen molar-refractivity contribution in [3.05, 3.63) is 57.8 Å². The third kappa shape index (κ3) is 9.18. The maximum Gasteiger partial charge on any atom is 0.425 e. The molecule has 2 unspecified atom stereocenters. The van der Waals surface area contributed by atoms with Crippen LogP contribution in [0.5, 0.6) is 11.5 Å². The number of carboxylic acids is 1. The maximum absolute atomic E-state index is 15.1. The van der Waals surface area contributed by atoms with Crippen LogP contribution in [0.15, 0.2) is 57.3 Å². The smallest absolute Gasteiger partial charge is 0.425 e. The second-order valence-electron chi connectivity index (χ2n) is 14.0. The molecule has 2 aromatic rings. The molecule has 5 rings (SSSR count). The van der Waals surface area contributed by atoms with Gasteiger partial charge in [0.25, 0.3) is 11.8 Å². The summed E-state index contributed by atoms with van der Waals surface area (Å²) in [5.74, 6) is -2.24. The van der Waals surface area contributed by atoms with Gasteiger partial charge < -0.3 is 29.4 Å². The number of hydrogen-bond donors (Lipinski definition) is 1. The fourth-order valence-electron chi connectivity index (χ4n) is 7.84. The molecule has 2 fully saturated rings. The van der Waals surface area contributed by atoms with E-state index >= 15 is 4.79 Å². The number of rotatable bonds is 14. The number of piperidine rings is 2. The molecule has 1 aromatic carbocycles. The van der Waals surface area contributed by atoms with Gasteiger partial charge in [-0.05, 0) is 51.3 Å². The van der Waals surface area contributed by atoms with Crippen LogP contribution in [0, 0.1) is 0 Å². The molecule has 3 aliphatic rings. The van der Waals surface area contributed by atoms with E-state index in [-0.39, 0.29) is 83.6 Å².